The van der Waals surface area contributed by atoms with E-state index in [0.29, 0.717) is 0 Å². The lowest BCUT2D eigenvalue weighted by Crippen LogP contribution is -2.49. The average Bonchev–Trinajstić information content (AvgIpc) is 3.38. The summed E-state index contributed by atoms with van der Waals surface area (Å²) in [6.45, 7) is 5.46. The van der Waals surface area contributed by atoms with Crippen LogP contribution in [-0.2, 0) is 10.2 Å². The van der Waals surface area contributed by atoms with Crippen molar-refractivity contribution < 1.29 is 9.15 Å². The third kappa shape index (κ3) is 5.49. The lowest BCUT2D eigenvalue weighted by molar-refractivity contribution is 0.0513. The Balaban J connectivity index is 1.40. The number of piperidine rings is 1. The number of benzene rings is 1. The van der Waals surface area contributed by atoms with Gasteiger partial charge in [0.15, 0.2) is 5.96 Å². The van der Waals surface area contributed by atoms with Gasteiger partial charge < -0.3 is 19.8 Å². The molecule has 2 saturated heterocycles. The van der Waals surface area contributed by atoms with Crippen LogP contribution in [0.4, 0.5) is 0 Å². The van der Waals surface area contributed by atoms with Crippen molar-refractivity contribution in [3.8, 4) is 0 Å². The molecule has 0 aliphatic carbocycles. The number of likely N-dealkylation sites (tertiary alicyclic amines) is 1. The number of furan rings is 1. The number of hydrogen-bond acceptors (Lipinski definition) is 4. The average molecular weight is 425 g/mol. The zero-order chi connectivity index (χ0) is 21.4. The summed E-state index contributed by atoms with van der Waals surface area (Å²) in [4.78, 5) is 7.04. The highest BCUT2D eigenvalue weighted by Crippen LogP contribution is 2.34. The molecule has 0 bridgehead atoms. The fourth-order valence-corrected chi connectivity index (χ4v) is 4.91. The second-order valence-electron chi connectivity index (χ2n) is 8.69. The van der Waals surface area contributed by atoms with E-state index in [4.69, 9.17) is 9.15 Å². The highest BCUT2D eigenvalue weighted by Gasteiger charge is 2.34. The predicted octanol–water partition coefficient (Wildman–Crippen LogP) is 3.72. The van der Waals surface area contributed by atoms with E-state index >= 15 is 0 Å². The van der Waals surface area contributed by atoms with E-state index in [0.717, 1.165) is 64.0 Å². The van der Waals surface area contributed by atoms with Crippen molar-refractivity contribution in [1.29, 1.82) is 0 Å². The van der Waals surface area contributed by atoms with Gasteiger partial charge in [-0.3, -0.25) is 9.89 Å². The maximum Gasteiger partial charge on any atom is 0.191 e. The number of aliphatic imine (C=N–C) groups is 1. The molecule has 2 aromatic rings. The van der Waals surface area contributed by atoms with Gasteiger partial charge in [-0.05, 0) is 56.5 Å². The molecule has 4 rings (SSSR count). The molecule has 0 amide bonds. The summed E-state index contributed by atoms with van der Waals surface area (Å²) in [5.41, 5.74) is 1.45. The summed E-state index contributed by atoms with van der Waals surface area (Å²) >= 11 is 0. The third-order valence-corrected chi connectivity index (χ3v) is 6.82. The van der Waals surface area contributed by atoms with E-state index in [1.807, 2.05) is 13.1 Å². The van der Waals surface area contributed by atoms with Crippen LogP contribution in [0.1, 0.15) is 49.5 Å². The maximum atomic E-state index is 5.79. The van der Waals surface area contributed by atoms with Gasteiger partial charge in [0.25, 0.3) is 0 Å². The Morgan fingerprint density at radius 3 is 2.48 bits per heavy atom. The standard InChI is InChI=1S/C25H36N4O2/c1-26-24(27-19-22(23-11-8-16-31-23)29-14-6-3-7-15-29)28-20-25(12-17-30-18-13-25)21-9-4-2-5-10-21/h2,4-5,8-11,16,22H,3,6-7,12-15,17-20H2,1H3,(H2,26,27,28). The molecule has 3 heterocycles. The first-order valence-corrected chi connectivity index (χ1v) is 11.7. The molecule has 2 fully saturated rings. The normalized spacial score (nSPS) is 20.9. The largest absolute Gasteiger partial charge is 0.468 e. The summed E-state index contributed by atoms with van der Waals surface area (Å²) < 4.78 is 11.5. The quantitative estimate of drug-likeness (QED) is 0.524. The Morgan fingerprint density at radius 1 is 1.03 bits per heavy atom. The van der Waals surface area contributed by atoms with Gasteiger partial charge >= 0.3 is 0 Å². The zero-order valence-electron chi connectivity index (χ0n) is 18.7. The van der Waals surface area contributed by atoms with Crippen LogP contribution in [0, 0.1) is 0 Å². The van der Waals surface area contributed by atoms with Crippen molar-refractivity contribution in [2.45, 2.75) is 43.6 Å². The SMILES string of the molecule is CN=C(NCC(c1ccco1)N1CCCCC1)NCC1(c2ccccc2)CCOCC1. The molecule has 2 aliphatic rings. The molecule has 168 valence electrons. The zero-order valence-corrected chi connectivity index (χ0v) is 18.7. The van der Waals surface area contributed by atoms with Gasteiger partial charge in [-0.2, -0.15) is 0 Å². The van der Waals surface area contributed by atoms with Crippen molar-refractivity contribution in [3.05, 3.63) is 60.1 Å². The second kappa shape index (κ2) is 10.8. The number of nitrogens with zero attached hydrogens (tertiary/aromatic N) is 2. The monoisotopic (exact) mass is 424 g/mol. The van der Waals surface area contributed by atoms with Gasteiger partial charge in [0.1, 0.15) is 5.76 Å². The molecule has 6 heteroatoms. The molecule has 0 spiro atoms. The van der Waals surface area contributed by atoms with Crippen molar-refractivity contribution in [2.24, 2.45) is 4.99 Å². The van der Waals surface area contributed by atoms with Gasteiger partial charge in [0, 0.05) is 38.8 Å². The lowest BCUT2D eigenvalue weighted by Gasteiger charge is -2.38. The van der Waals surface area contributed by atoms with Crippen LogP contribution in [0.25, 0.3) is 0 Å². The lowest BCUT2D eigenvalue weighted by atomic mass is 9.74. The summed E-state index contributed by atoms with van der Waals surface area (Å²) in [6, 6.07) is 15.1. The van der Waals surface area contributed by atoms with Crippen LogP contribution in [0.5, 0.6) is 0 Å². The van der Waals surface area contributed by atoms with Crippen LogP contribution in [0.3, 0.4) is 0 Å². The molecule has 6 nitrogen and oxygen atoms in total. The molecule has 0 saturated carbocycles. The summed E-state index contributed by atoms with van der Waals surface area (Å²) in [7, 11) is 1.84. The molecule has 2 aliphatic heterocycles. The minimum Gasteiger partial charge on any atom is -0.468 e. The predicted molar refractivity (Wildman–Crippen MR) is 124 cm³/mol. The van der Waals surface area contributed by atoms with Crippen LogP contribution in [0.2, 0.25) is 0 Å². The molecule has 0 radical (unpaired) electrons. The Hall–Kier alpha value is -2.31. The van der Waals surface area contributed by atoms with Crippen LogP contribution in [-0.4, -0.2) is 57.3 Å². The van der Waals surface area contributed by atoms with Gasteiger partial charge in [-0.15, -0.1) is 0 Å². The number of hydrogen-bond donors (Lipinski definition) is 2. The van der Waals surface area contributed by atoms with Crippen LogP contribution >= 0.6 is 0 Å². The Morgan fingerprint density at radius 2 is 1.81 bits per heavy atom. The smallest absolute Gasteiger partial charge is 0.191 e. The van der Waals surface area contributed by atoms with Crippen LogP contribution in [0.15, 0.2) is 58.1 Å². The Labute approximate surface area is 186 Å². The molecular weight excluding hydrogens is 388 g/mol. The summed E-state index contributed by atoms with van der Waals surface area (Å²) in [5.74, 6) is 1.87. The Kier molecular flexibility index (Phi) is 7.65. The highest BCUT2D eigenvalue weighted by atomic mass is 16.5. The van der Waals surface area contributed by atoms with Gasteiger partial charge in [0.05, 0.1) is 12.3 Å². The molecule has 1 atom stereocenters. The van der Waals surface area contributed by atoms with E-state index in [2.05, 4.69) is 56.9 Å². The van der Waals surface area contributed by atoms with Crippen molar-refractivity contribution in [1.82, 2.24) is 15.5 Å². The van der Waals surface area contributed by atoms with E-state index < -0.39 is 0 Å². The number of rotatable bonds is 7. The summed E-state index contributed by atoms with van der Waals surface area (Å²) in [6.07, 6.45) is 7.64. The molecule has 1 unspecified atom stereocenters. The van der Waals surface area contributed by atoms with E-state index in [1.165, 1.54) is 24.8 Å². The fraction of sp³-hybridized carbons (Fsp3) is 0.560. The minimum atomic E-state index is 0.0738. The second-order valence-corrected chi connectivity index (χ2v) is 8.69. The third-order valence-electron chi connectivity index (χ3n) is 6.82. The first-order valence-electron chi connectivity index (χ1n) is 11.7. The molecule has 1 aromatic carbocycles. The van der Waals surface area contributed by atoms with Crippen molar-refractivity contribution >= 4 is 5.96 Å². The van der Waals surface area contributed by atoms with Crippen LogP contribution < -0.4 is 10.6 Å². The van der Waals surface area contributed by atoms with E-state index in [-0.39, 0.29) is 11.5 Å². The first kappa shape index (κ1) is 21.9. The molecule has 31 heavy (non-hydrogen) atoms. The maximum absolute atomic E-state index is 5.79. The van der Waals surface area contributed by atoms with Gasteiger partial charge in [0.2, 0.25) is 0 Å². The fourth-order valence-electron chi connectivity index (χ4n) is 4.91. The van der Waals surface area contributed by atoms with Gasteiger partial charge in [-0.1, -0.05) is 36.8 Å². The molecule has 1 aromatic heterocycles. The van der Waals surface area contributed by atoms with Gasteiger partial charge in [-0.25, -0.2) is 0 Å². The number of nitrogens with one attached hydrogen (secondary N) is 2. The molecular formula is C25H36N4O2. The highest BCUT2D eigenvalue weighted by molar-refractivity contribution is 5.79. The van der Waals surface area contributed by atoms with E-state index in [9.17, 15) is 0 Å². The van der Waals surface area contributed by atoms with E-state index in [1.54, 1.807) is 6.26 Å². The molecule has 2 N–H and O–H groups in total. The number of guanidine groups is 1. The van der Waals surface area contributed by atoms with Crippen molar-refractivity contribution in [2.75, 3.05) is 46.4 Å². The first-order chi connectivity index (χ1) is 15.3. The number of ether oxygens (including phenoxy) is 1. The topological polar surface area (TPSA) is 62.0 Å². The summed E-state index contributed by atoms with van der Waals surface area (Å²) in [5, 5.41) is 7.19. The van der Waals surface area contributed by atoms with Crippen molar-refractivity contribution in [3.63, 3.8) is 0 Å². The Bertz CT molecular complexity index is 794. The minimum absolute atomic E-state index is 0.0738.